The number of hydrogen-bond donors (Lipinski definition) is 2. The highest BCUT2D eigenvalue weighted by molar-refractivity contribution is 7.99. The van der Waals surface area contributed by atoms with Gasteiger partial charge in [0.15, 0.2) is 0 Å². The van der Waals surface area contributed by atoms with Crippen LogP contribution in [0.3, 0.4) is 0 Å². The summed E-state index contributed by atoms with van der Waals surface area (Å²) in [5, 5.41) is 9.56. The molecule has 0 radical (unpaired) electrons. The number of allylic oxidation sites excluding steroid dienone is 4. The van der Waals surface area contributed by atoms with E-state index in [1.165, 1.54) is 81.7 Å². The number of aromatic nitrogens is 2. The molecule has 1 aliphatic heterocycles. The van der Waals surface area contributed by atoms with E-state index in [0.29, 0.717) is 17.3 Å². The standard InChI is InChI=1S/C71H62N6S3/c1-2-3-4-5-6-19-44-76-64-42-34-54(62-39-38-60(68(72)69(62)73-78)52-30-28-50(29-31-52)46-56(51-22-13-8-14-23-51)45-49-20-11-7-12-21-49)47-66(64)79-67-48-55(35-43-65(67)76)63-41-40-61(70-71(63)75-80-74-70)53-32-36-59(37-33-53)77(57-24-15-9-16-25-57)58-26-17-10-18-27-58/h7-18,20-43,47-48,56,72,78H,2-6,19,44-46H2,1H3. The van der Waals surface area contributed by atoms with Crippen molar-refractivity contribution in [1.82, 2.24) is 8.75 Å². The number of unbranched alkanes of at least 4 members (excludes halogenated alkanes) is 5. The summed E-state index contributed by atoms with van der Waals surface area (Å²) in [6.07, 6.45) is 13.4. The number of nitrogens with one attached hydrogen (secondary N) is 1. The summed E-state index contributed by atoms with van der Waals surface area (Å²) in [7, 11) is 0. The second-order valence-corrected chi connectivity index (χ2v) is 22.6. The maximum absolute atomic E-state index is 9.56. The van der Waals surface area contributed by atoms with Crippen LogP contribution in [0.1, 0.15) is 79.2 Å². The molecule has 12 rings (SSSR count). The highest BCUT2D eigenvalue weighted by Crippen LogP contribution is 2.51. The first kappa shape index (κ1) is 52.6. The van der Waals surface area contributed by atoms with Crippen molar-refractivity contribution in [2.24, 2.45) is 4.40 Å². The zero-order chi connectivity index (χ0) is 54.2. The van der Waals surface area contributed by atoms with Gasteiger partial charge in [0.1, 0.15) is 16.7 Å². The Morgan fingerprint density at radius 1 is 0.512 bits per heavy atom. The molecular weight excluding hydrogens is 1030 g/mol. The lowest BCUT2D eigenvalue weighted by Gasteiger charge is -2.34. The molecule has 1 atom stereocenters. The molecule has 80 heavy (non-hydrogen) atoms. The first-order valence-corrected chi connectivity index (χ1v) is 29.9. The number of rotatable bonds is 19. The van der Waals surface area contributed by atoms with E-state index >= 15 is 0 Å². The normalized spacial score (nSPS) is 13.9. The van der Waals surface area contributed by atoms with Crippen LogP contribution in [-0.2, 0) is 12.8 Å². The fourth-order valence-electron chi connectivity index (χ4n) is 11.4. The molecule has 2 aliphatic rings. The van der Waals surface area contributed by atoms with E-state index < -0.39 is 0 Å². The van der Waals surface area contributed by atoms with E-state index in [-0.39, 0.29) is 0 Å². The van der Waals surface area contributed by atoms with E-state index in [0.717, 1.165) is 98.4 Å². The molecule has 1 unspecified atom stereocenters. The lowest BCUT2D eigenvalue weighted by Crippen LogP contribution is -2.23. The van der Waals surface area contributed by atoms with Crippen molar-refractivity contribution in [3.05, 3.63) is 258 Å². The largest absolute Gasteiger partial charge is 0.340 e. The molecule has 9 aromatic carbocycles. The predicted octanol–water partition coefficient (Wildman–Crippen LogP) is 19.8. The number of fused-ring (bicyclic) bond motifs is 3. The van der Waals surface area contributed by atoms with Gasteiger partial charge in [-0.1, -0.05) is 221 Å². The summed E-state index contributed by atoms with van der Waals surface area (Å²) in [6.45, 7) is 3.20. The molecule has 0 saturated heterocycles. The number of benzene rings is 9. The van der Waals surface area contributed by atoms with Crippen LogP contribution in [-0.4, -0.2) is 26.7 Å². The van der Waals surface area contributed by atoms with Crippen molar-refractivity contribution in [2.45, 2.75) is 74.0 Å². The molecule has 9 heteroatoms. The summed E-state index contributed by atoms with van der Waals surface area (Å²) in [5.41, 5.74) is 20.5. The van der Waals surface area contributed by atoms with Gasteiger partial charge in [0, 0.05) is 55.7 Å². The van der Waals surface area contributed by atoms with Gasteiger partial charge >= 0.3 is 0 Å². The van der Waals surface area contributed by atoms with Crippen molar-refractivity contribution in [2.75, 3.05) is 16.3 Å². The molecule has 0 spiro atoms. The molecule has 2 heterocycles. The van der Waals surface area contributed by atoms with Crippen molar-refractivity contribution in [1.29, 1.82) is 5.41 Å². The molecule has 10 aromatic rings. The van der Waals surface area contributed by atoms with Gasteiger partial charge in [-0.15, -0.1) is 0 Å². The second kappa shape index (κ2) is 24.5. The Kier molecular flexibility index (Phi) is 16.1. The fraction of sp³-hybridized carbons (Fsp3) is 0.155. The number of thiol groups is 1. The van der Waals surface area contributed by atoms with E-state index in [1.54, 1.807) is 0 Å². The number of hydrogen-bond acceptors (Lipinski definition) is 9. The van der Waals surface area contributed by atoms with E-state index in [4.69, 9.17) is 8.75 Å². The van der Waals surface area contributed by atoms with Crippen LogP contribution in [0.25, 0.3) is 44.4 Å². The Hall–Kier alpha value is -8.08. The summed E-state index contributed by atoms with van der Waals surface area (Å²) >= 11 is 7.59. The van der Waals surface area contributed by atoms with Crippen molar-refractivity contribution in [3.63, 3.8) is 0 Å². The average molecular weight is 1100 g/mol. The van der Waals surface area contributed by atoms with E-state index in [9.17, 15) is 5.41 Å². The zero-order valence-corrected chi connectivity index (χ0v) is 47.4. The van der Waals surface area contributed by atoms with E-state index in [1.807, 2.05) is 11.8 Å². The first-order chi connectivity index (χ1) is 39.5. The third-order valence-corrected chi connectivity index (χ3v) is 17.4. The number of nitrogens with zero attached hydrogens (tertiary/aromatic N) is 5. The smallest absolute Gasteiger partial charge is 0.113 e. The number of para-hydroxylation sites is 2. The van der Waals surface area contributed by atoms with Crippen LogP contribution in [0, 0.1) is 5.41 Å². The highest BCUT2D eigenvalue weighted by atomic mass is 32.2. The molecule has 0 fully saturated rings. The fourth-order valence-corrected chi connectivity index (χ4v) is 13.4. The molecule has 0 bridgehead atoms. The van der Waals surface area contributed by atoms with Gasteiger partial charge in [-0.3, -0.25) is 5.41 Å². The Balaban J connectivity index is 0.822. The zero-order valence-electron chi connectivity index (χ0n) is 44.9. The molecule has 394 valence electrons. The maximum atomic E-state index is 9.56. The quantitative estimate of drug-likeness (QED) is 0.0480. The van der Waals surface area contributed by atoms with Crippen molar-refractivity contribution in [3.8, 4) is 22.3 Å². The predicted molar refractivity (Wildman–Crippen MR) is 343 cm³/mol. The van der Waals surface area contributed by atoms with Crippen LogP contribution in [0.2, 0.25) is 0 Å². The second-order valence-electron chi connectivity index (χ2n) is 20.7. The molecular formula is C71H62N6S3. The molecule has 1 N–H and O–H groups in total. The van der Waals surface area contributed by atoms with Gasteiger partial charge < -0.3 is 9.80 Å². The Labute approximate surface area is 484 Å². The van der Waals surface area contributed by atoms with Gasteiger partial charge in [0.05, 0.1) is 28.8 Å². The molecule has 0 saturated carbocycles. The average Bonchev–Trinajstić information content (AvgIpc) is 4.07. The monoisotopic (exact) mass is 1090 g/mol. The molecule has 1 aliphatic carbocycles. The lowest BCUT2D eigenvalue weighted by atomic mass is 9.84. The summed E-state index contributed by atoms with van der Waals surface area (Å²) < 4.78 is 14.4. The Morgan fingerprint density at radius 2 is 1.01 bits per heavy atom. The summed E-state index contributed by atoms with van der Waals surface area (Å²) in [5.74, 6) is 0.345. The van der Waals surface area contributed by atoms with Crippen molar-refractivity contribution < 1.29 is 0 Å². The summed E-state index contributed by atoms with van der Waals surface area (Å²) in [6, 6.07) is 78.2. The van der Waals surface area contributed by atoms with Gasteiger partial charge in [-0.2, -0.15) is 8.75 Å². The minimum absolute atomic E-state index is 0.345. The third kappa shape index (κ3) is 11.2. The van der Waals surface area contributed by atoms with Gasteiger partial charge in [0.2, 0.25) is 0 Å². The highest BCUT2D eigenvalue weighted by Gasteiger charge is 2.28. The van der Waals surface area contributed by atoms with Gasteiger partial charge in [-0.25, -0.2) is 4.40 Å². The Bertz CT molecular complexity index is 3830. The van der Waals surface area contributed by atoms with Crippen LogP contribution in [0.4, 0.5) is 28.4 Å². The van der Waals surface area contributed by atoms with Crippen LogP contribution in [0.15, 0.2) is 245 Å². The maximum Gasteiger partial charge on any atom is 0.113 e. The molecule has 6 nitrogen and oxygen atoms in total. The topological polar surface area (TPSA) is 68.5 Å². The Morgan fingerprint density at radius 3 is 1.64 bits per heavy atom. The lowest BCUT2D eigenvalue weighted by molar-refractivity contribution is 0.608. The number of anilines is 5. The molecule has 0 amide bonds. The van der Waals surface area contributed by atoms with Crippen LogP contribution >= 0.6 is 36.3 Å². The van der Waals surface area contributed by atoms with Gasteiger partial charge in [0.25, 0.3) is 0 Å². The van der Waals surface area contributed by atoms with Crippen LogP contribution in [0.5, 0.6) is 0 Å². The van der Waals surface area contributed by atoms with E-state index in [2.05, 4.69) is 264 Å². The minimum Gasteiger partial charge on any atom is -0.340 e. The minimum atomic E-state index is 0.345. The van der Waals surface area contributed by atoms with Crippen molar-refractivity contribution >= 4 is 98.3 Å². The SMILES string of the molecule is CCCCCCCCN1c2ccc(C3=CC=C(c4ccc(CC(Cc5ccccc5)c5ccccc5)cc4)C(=N)C3=NS)cc2Sc2cc(-c3ccc(-c4ccc(N(c5ccccc5)c5ccccc5)cc4)c4nsnc34)ccc21. The van der Waals surface area contributed by atoms with Crippen LogP contribution < -0.4 is 9.80 Å². The third-order valence-electron chi connectivity index (χ3n) is 15.6. The molecule has 1 aromatic heterocycles. The first-order valence-electron chi connectivity index (χ1n) is 27.9. The van der Waals surface area contributed by atoms with Gasteiger partial charge in [-0.05, 0) is 138 Å². The summed E-state index contributed by atoms with van der Waals surface area (Å²) in [4.78, 5) is 7.18.